The minimum absolute atomic E-state index is 0.120. The molecular formula is C29H32NO3+. The van der Waals surface area contributed by atoms with Gasteiger partial charge >= 0.3 is 5.97 Å². The summed E-state index contributed by atoms with van der Waals surface area (Å²) in [6.07, 6.45) is 1.83. The van der Waals surface area contributed by atoms with E-state index in [1.54, 1.807) is 0 Å². The van der Waals surface area contributed by atoms with Gasteiger partial charge in [0.15, 0.2) is 0 Å². The molecule has 4 nitrogen and oxygen atoms in total. The first-order chi connectivity index (χ1) is 16.0. The van der Waals surface area contributed by atoms with E-state index in [-0.39, 0.29) is 23.8 Å². The van der Waals surface area contributed by atoms with E-state index in [1.807, 2.05) is 78.9 Å². The zero-order valence-electron chi connectivity index (χ0n) is 19.2. The summed E-state index contributed by atoms with van der Waals surface area (Å²) in [4.78, 5) is 25.8. The maximum atomic E-state index is 13.1. The number of hydrogen-bond acceptors (Lipinski definition) is 3. The number of benzene rings is 3. The Morgan fingerprint density at radius 2 is 1.39 bits per heavy atom. The Labute approximate surface area is 196 Å². The number of likely N-dealkylation sites (tertiary alicyclic amines) is 1. The third-order valence-corrected chi connectivity index (χ3v) is 6.68. The molecule has 3 aromatic carbocycles. The van der Waals surface area contributed by atoms with Crippen molar-refractivity contribution >= 4 is 11.8 Å². The van der Waals surface area contributed by atoms with E-state index in [0.29, 0.717) is 17.4 Å². The topological polar surface area (TPSA) is 43.4 Å². The van der Waals surface area contributed by atoms with E-state index in [1.165, 1.54) is 0 Å². The van der Waals surface area contributed by atoms with E-state index >= 15 is 0 Å². The summed E-state index contributed by atoms with van der Waals surface area (Å²) in [6, 6.07) is 29.6. The zero-order chi connectivity index (χ0) is 23.1. The molecule has 1 aliphatic rings. The SMILES string of the molecule is C[N+]1(CC(=O)c2ccccc2)CCC(C(=O)O[C@@H](Cc2ccccc2)c2ccccc2)CC1. The zero-order valence-corrected chi connectivity index (χ0v) is 19.2. The predicted octanol–water partition coefficient (Wildman–Crippen LogP) is 5.25. The highest BCUT2D eigenvalue weighted by atomic mass is 16.5. The van der Waals surface area contributed by atoms with Crippen LogP contribution in [0.4, 0.5) is 0 Å². The number of quaternary nitrogens is 1. The van der Waals surface area contributed by atoms with Crippen molar-refractivity contribution in [2.24, 2.45) is 5.92 Å². The van der Waals surface area contributed by atoms with Gasteiger partial charge in [-0.25, -0.2) is 0 Å². The third-order valence-electron chi connectivity index (χ3n) is 6.68. The highest BCUT2D eigenvalue weighted by Crippen LogP contribution is 2.28. The highest BCUT2D eigenvalue weighted by Gasteiger charge is 2.36. The van der Waals surface area contributed by atoms with E-state index in [4.69, 9.17) is 4.74 Å². The van der Waals surface area contributed by atoms with Crippen molar-refractivity contribution in [3.8, 4) is 0 Å². The number of piperidine rings is 1. The molecule has 0 spiro atoms. The lowest BCUT2D eigenvalue weighted by atomic mass is 9.94. The summed E-state index contributed by atoms with van der Waals surface area (Å²) in [5.74, 6) is -0.0865. The minimum Gasteiger partial charge on any atom is -0.457 e. The maximum absolute atomic E-state index is 13.1. The number of hydrogen-bond donors (Lipinski definition) is 0. The van der Waals surface area contributed by atoms with Crippen LogP contribution in [-0.2, 0) is 16.0 Å². The molecule has 4 rings (SSSR count). The van der Waals surface area contributed by atoms with Crippen LogP contribution in [0.15, 0.2) is 91.0 Å². The van der Waals surface area contributed by atoms with Gasteiger partial charge in [-0.3, -0.25) is 9.59 Å². The average Bonchev–Trinajstić information content (AvgIpc) is 2.85. The quantitative estimate of drug-likeness (QED) is 0.272. The van der Waals surface area contributed by atoms with Crippen LogP contribution in [0.3, 0.4) is 0 Å². The summed E-state index contributed by atoms with van der Waals surface area (Å²) in [6.45, 7) is 2.06. The number of likely N-dealkylation sites (N-methyl/N-ethyl adjacent to an activating group) is 1. The lowest BCUT2D eigenvalue weighted by Crippen LogP contribution is -2.53. The van der Waals surface area contributed by atoms with Crippen molar-refractivity contribution in [1.82, 2.24) is 0 Å². The fourth-order valence-electron chi connectivity index (χ4n) is 4.61. The van der Waals surface area contributed by atoms with Crippen LogP contribution in [0, 0.1) is 5.92 Å². The summed E-state index contributed by atoms with van der Waals surface area (Å²) >= 11 is 0. The Morgan fingerprint density at radius 1 is 0.848 bits per heavy atom. The van der Waals surface area contributed by atoms with Gasteiger partial charge in [0.25, 0.3) is 0 Å². The molecule has 1 aliphatic heterocycles. The van der Waals surface area contributed by atoms with Crippen LogP contribution in [-0.4, -0.2) is 42.9 Å². The number of nitrogens with zero attached hydrogens (tertiary/aromatic N) is 1. The summed E-state index contributed by atoms with van der Waals surface area (Å²) in [7, 11) is 2.12. The van der Waals surface area contributed by atoms with Gasteiger partial charge in [-0.15, -0.1) is 0 Å². The van der Waals surface area contributed by atoms with Crippen LogP contribution in [0.1, 0.15) is 40.4 Å². The number of Topliss-reactive ketones (excluding diaryl/α,β-unsaturated/α-hetero) is 1. The number of rotatable bonds is 8. The fraction of sp³-hybridized carbons (Fsp3) is 0.310. The molecule has 0 radical (unpaired) electrons. The molecule has 0 aliphatic carbocycles. The molecule has 1 heterocycles. The van der Waals surface area contributed by atoms with Crippen molar-refractivity contribution in [3.05, 3.63) is 108 Å². The maximum Gasteiger partial charge on any atom is 0.310 e. The molecular weight excluding hydrogens is 410 g/mol. The molecule has 0 amide bonds. The second-order valence-electron chi connectivity index (χ2n) is 9.31. The number of carbonyl (C=O) groups excluding carboxylic acids is 2. The molecule has 1 saturated heterocycles. The van der Waals surface area contributed by atoms with E-state index in [2.05, 4.69) is 19.2 Å². The molecule has 3 aromatic rings. The minimum atomic E-state index is -0.302. The normalized spacial score (nSPS) is 21.2. The van der Waals surface area contributed by atoms with Gasteiger partial charge < -0.3 is 9.22 Å². The molecule has 0 N–H and O–H groups in total. The third kappa shape index (κ3) is 6.17. The summed E-state index contributed by atoms with van der Waals surface area (Å²) < 4.78 is 6.76. The van der Waals surface area contributed by atoms with Crippen LogP contribution in [0.2, 0.25) is 0 Å². The van der Waals surface area contributed by atoms with Gasteiger partial charge in [0, 0.05) is 24.8 Å². The second-order valence-corrected chi connectivity index (χ2v) is 9.31. The second kappa shape index (κ2) is 10.6. The Morgan fingerprint density at radius 3 is 2.00 bits per heavy atom. The predicted molar refractivity (Wildman–Crippen MR) is 130 cm³/mol. The smallest absolute Gasteiger partial charge is 0.310 e. The number of carbonyl (C=O) groups is 2. The van der Waals surface area contributed by atoms with Crippen molar-refractivity contribution in [3.63, 3.8) is 0 Å². The van der Waals surface area contributed by atoms with E-state index in [0.717, 1.165) is 42.6 Å². The Hall–Kier alpha value is -3.24. The molecule has 4 heteroatoms. The van der Waals surface area contributed by atoms with Gasteiger partial charge in [0.2, 0.25) is 5.78 Å². The molecule has 0 unspecified atom stereocenters. The van der Waals surface area contributed by atoms with Crippen LogP contribution < -0.4 is 0 Å². The van der Waals surface area contributed by atoms with Gasteiger partial charge in [-0.05, 0) is 11.1 Å². The Bertz CT molecular complexity index is 1040. The van der Waals surface area contributed by atoms with Crippen LogP contribution in [0.25, 0.3) is 0 Å². The van der Waals surface area contributed by atoms with Crippen molar-refractivity contribution in [2.75, 3.05) is 26.7 Å². The molecule has 33 heavy (non-hydrogen) atoms. The molecule has 0 bridgehead atoms. The van der Waals surface area contributed by atoms with Gasteiger partial charge in [0.05, 0.1) is 26.1 Å². The largest absolute Gasteiger partial charge is 0.457 e. The van der Waals surface area contributed by atoms with Crippen molar-refractivity contribution < 1.29 is 18.8 Å². The van der Waals surface area contributed by atoms with Crippen molar-refractivity contribution in [1.29, 1.82) is 0 Å². The summed E-state index contributed by atoms with van der Waals surface area (Å²) in [5.41, 5.74) is 2.91. The monoisotopic (exact) mass is 442 g/mol. The molecule has 170 valence electrons. The van der Waals surface area contributed by atoms with E-state index in [9.17, 15) is 9.59 Å². The van der Waals surface area contributed by atoms with Gasteiger partial charge in [-0.1, -0.05) is 91.0 Å². The Balaban J connectivity index is 1.37. The average molecular weight is 443 g/mol. The van der Waals surface area contributed by atoms with E-state index < -0.39 is 0 Å². The Kier molecular flexibility index (Phi) is 7.36. The first-order valence-corrected chi connectivity index (χ1v) is 11.7. The number of ketones is 1. The molecule has 1 fully saturated rings. The first-order valence-electron chi connectivity index (χ1n) is 11.7. The number of ether oxygens (including phenoxy) is 1. The van der Waals surface area contributed by atoms with Crippen LogP contribution >= 0.6 is 0 Å². The fourth-order valence-corrected chi connectivity index (χ4v) is 4.61. The summed E-state index contributed by atoms with van der Waals surface area (Å²) in [5, 5.41) is 0. The van der Waals surface area contributed by atoms with Crippen molar-refractivity contribution in [2.45, 2.75) is 25.4 Å². The first kappa shape index (κ1) is 22.9. The highest BCUT2D eigenvalue weighted by molar-refractivity contribution is 5.96. The molecule has 1 atom stereocenters. The lowest BCUT2D eigenvalue weighted by Gasteiger charge is -2.39. The standard InChI is InChI=1S/C29H32NO3/c1-30(22-27(31)24-13-7-3-8-14-24)19-17-26(18-20-30)29(32)33-28(25-15-9-4-10-16-25)21-23-11-5-2-6-12-23/h2-16,26,28H,17-22H2,1H3/q+1/t26?,28-,30?/m0/s1. The molecule has 0 aromatic heterocycles. The lowest BCUT2D eigenvalue weighted by molar-refractivity contribution is -0.906. The van der Waals surface area contributed by atoms with Gasteiger partial charge in [-0.2, -0.15) is 0 Å². The van der Waals surface area contributed by atoms with Gasteiger partial charge in [0.1, 0.15) is 12.6 Å². The molecule has 0 saturated carbocycles. The number of esters is 1. The van der Waals surface area contributed by atoms with Crippen LogP contribution in [0.5, 0.6) is 0 Å².